The Balaban J connectivity index is 1.79. The van der Waals surface area contributed by atoms with Gasteiger partial charge in [0.1, 0.15) is 0 Å². The molecule has 0 radical (unpaired) electrons. The van der Waals surface area contributed by atoms with E-state index in [0.717, 1.165) is 0 Å². The number of ether oxygens (including phenoxy) is 3. The predicted molar refractivity (Wildman–Crippen MR) is 116 cm³/mol. The van der Waals surface area contributed by atoms with Crippen LogP contribution in [0.1, 0.15) is 11.1 Å². The number of alkyl halides is 6. The number of benzene rings is 2. The summed E-state index contributed by atoms with van der Waals surface area (Å²) in [5, 5.41) is 6.60. The Morgan fingerprint density at radius 2 is 1.39 bits per heavy atom. The molecule has 14 heteroatoms. The Morgan fingerprint density at radius 3 is 1.89 bits per heavy atom. The molecule has 190 valence electrons. The summed E-state index contributed by atoms with van der Waals surface area (Å²) in [5.41, 5.74) is -2.74. The molecule has 4 rings (SSSR count). The fourth-order valence-electron chi connectivity index (χ4n) is 3.43. The minimum atomic E-state index is -4.99. The molecule has 0 fully saturated rings. The van der Waals surface area contributed by atoms with Crippen LogP contribution in [-0.2, 0) is 12.4 Å². The number of methoxy groups -OCH3 is 3. The number of halogens is 6. The second kappa shape index (κ2) is 9.09. The van der Waals surface area contributed by atoms with Crippen LogP contribution in [0.25, 0.3) is 17.0 Å². The van der Waals surface area contributed by atoms with Crippen molar-refractivity contribution in [1.29, 1.82) is 0 Å². The number of nitrogens with one attached hydrogen (secondary N) is 1. The quantitative estimate of drug-likeness (QED) is 0.336. The minimum absolute atomic E-state index is 0.0365. The number of nitrogens with zero attached hydrogens (tertiary/aromatic N) is 4. The zero-order chi connectivity index (χ0) is 26.3. The van der Waals surface area contributed by atoms with E-state index in [2.05, 4.69) is 20.4 Å². The van der Waals surface area contributed by atoms with E-state index in [1.807, 2.05) is 0 Å². The zero-order valence-corrected chi connectivity index (χ0v) is 18.8. The minimum Gasteiger partial charge on any atom is -0.493 e. The third-order valence-corrected chi connectivity index (χ3v) is 5.02. The van der Waals surface area contributed by atoms with Gasteiger partial charge in [-0.05, 0) is 30.3 Å². The van der Waals surface area contributed by atoms with Crippen LogP contribution >= 0.6 is 0 Å². The highest BCUT2D eigenvalue weighted by atomic mass is 19.4. The second-order valence-corrected chi connectivity index (χ2v) is 7.31. The SMILES string of the molecule is COc1cc(-c2nccc3nc(Nc4cc(C(F)(F)F)cc(C(F)(F)F)c4)nn23)cc(OC)c1OC. The average Bonchev–Trinajstić information content (AvgIpc) is 3.24. The van der Waals surface area contributed by atoms with Crippen LogP contribution < -0.4 is 19.5 Å². The smallest absolute Gasteiger partial charge is 0.416 e. The lowest BCUT2D eigenvalue weighted by Crippen LogP contribution is -2.11. The molecular weight excluding hydrogens is 496 g/mol. The first-order valence-electron chi connectivity index (χ1n) is 10.0. The van der Waals surface area contributed by atoms with Crippen molar-refractivity contribution >= 4 is 17.3 Å². The first-order valence-corrected chi connectivity index (χ1v) is 10.0. The van der Waals surface area contributed by atoms with E-state index in [-0.39, 0.29) is 23.5 Å². The first-order chi connectivity index (χ1) is 16.9. The molecule has 4 aromatic rings. The lowest BCUT2D eigenvalue weighted by Gasteiger charge is -2.14. The molecule has 0 aliphatic rings. The van der Waals surface area contributed by atoms with Gasteiger partial charge in [0.05, 0.1) is 32.5 Å². The Labute approximate surface area is 199 Å². The van der Waals surface area contributed by atoms with Gasteiger partial charge in [-0.1, -0.05) is 0 Å². The van der Waals surface area contributed by atoms with Crippen molar-refractivity contribution in [3.8, 4) is 28.6 Å². The maximum Gasteiger partial charge on any atom is 0.416 e. The van der Waals surface area contributed by atoms with Gasteiger partial charge in [-0.2, -0.15) is 35.8 Å². The highest BCUT2D eigenvalue weighted by Gasteiger charge is 2.37. The van der Waals surface area contributed by atoms with Gasteiger partial charge >= 0.3 is 12.4 Å². The molecular formula is C22H17F6N5O3. The van der Waals surface area contributed by atoms with E-state index in [4.69, 9.17) is 14.2 Å². The molecule has 1 N–H and O–H groups in total. The Bertz CT molecular complexity index is 1360. The molecule has 0 saturated heterocycles. The van der Waals surface area contributed by atoms with E-state index in [0.29, 0.717) is 34.9 Å². The summed E-state index contributed by atoms with van der Waals surface area (Å²) < 4.78 is 96.4. The Kier molecular flexibility index (Phi) is 6.28. The van der Waals surface area contributed by atoms with Crippen LogP contribution in [0.5, 0.6) is 17.2 Å². The molecule has 0 aliphatic carbocycles. The number of anilines is 2. The summed E-state index contributed by atoms with van der Waals surface area (Å²) in [7, 11) is 4.29. The van der Waals surface area contributed by atoms with Crippen molar-refractivity contribution in [3.05, 3.63) is 53.7 Å². The number of rotatable bonds is 6. The summed E-state index contributed by atoms with van der Waals surface area (Å²) in [6.07, 6.45) is -8.57. The third kappa shape index (κ3) is 4.78. The summed E-state index contributed by atoms with van der Waals surface area (Å²) in [6.45, 7) is 0. The Morgan fingerprint density at radius 1 is 0.806 bits per heavy atom. The van der Waals surface area contributed by atoms with Crippen molar-refractivity contribution < 1.29 is 40.6 Å². The van der Waals surface area contributed by atoms with Crippen molar-refractivity contribution in [2.24, 2.45) is 0 Å². The Hall–Kier alpha value is -4.23. The summed E-state index contributed by atoms with van der Waals surface area (Å²) in [4.78, 5) is 8.43. The van der Waals surface area contributed by atoms with Gasteiger partial charge < -0.3 is 19.5 Å². The molecule has 0 atom stereocenters. The maximum absolute atomic E-state index is 13.2. The van der Waals surface area contributed by atoms with E-state index in [1.54, 1.807) is 12.1 Å². The lowest BCUT2D eigenvalue weighted by molar-refractivity contribution is -0.143. The summed E-state index contributed by atoms with van der Waals surface area (Å²) >= 11 is 0. The third-order valence-electron chi connectivity index (χ3n) is 5.02. The highest BCUT2D eigenvalue weighted by Crippen LogP contribution is 2.41. The standard InChI is InChI=1S/C22H17F6N5O3/c1-34-15-6-11(7-16(35-2)18(15)36-3)19-29-5-4-17-31-20(32-33(17)19)30-14-9-12(21(23,24)25)8-13(10-14)22(26,27)28/h4-10H,1-3H3,(H,30,32). The van der Waals surface area contributed by atoms with E-state index < -0.39 is 29.2 Å². The van der Waals surface area contributed by atoms with Gasteiger partial charge in [0.25, 0.3) is 0 Å². The average molecular weight is 513 g/mol. The number of hydrogen-bond acceptors (Lipinski definition) is 7. The molecule has 8 nitrogen and oxygen atoms in total. The second-order valence-electron chi connectivity index (χ2n) is 7.31. The van der Waals surface area contributed by atoms with E-state index >= 15 is 0 Å². The number of aromatic nitrogens is 4. The van der Waals surface area contributed by atoms with Crippen LogP contribution in [0, 0.1) is 0 Å². The molecule has 0 unspecified atom stereocenters. The van der Waals surface area contributed by atoms with Gasteiger partial charge in [0.15, 0.2) is 23.0 Å². The first kappa shape index (κ1) is 24.9. The van der Waals surface area contributed by atoms with Gasteiger partial charge in [-0.25, -0.2) is 4.98 Å². The van der Waals surface area contributed by atoms with Crippen LogP contribution in [0.4, 0.5) is 38.0 Å². The maximum atomic E-state index is 13.2. The van der Waals surface area contributed by atoms with Crippen molar-refractivity contribution in [3.63, 3.8) is 0 Å². The van der Waals surface area contributed by atoms with Crippen LogP contribution in [0.15, 0.2) is 42.6 Å². The lowest BCUT2D eigenvalue weighted by atomic mass is 10.1. The van der Waals surface area contributed by atoms with Gasteiger partial charge in [0.2, 0.25) is 11.7 Å². The topological polar surface area (TPSA) is 82.8 Å². The highest BCUT2D eigenvalue weighted by molar-refractivity contribution is 5.69. The normalized spacial score (nSPS) is 12.0. The van der Waals surface area contributed by atoms with Crippen LogP contribution in [-0.4, -0.2) is 40.9 Å². The molecule has 36 heavy (non-hydrogen) atoms. The van der Waals surface area contributed by atoms with Gasteiger partial charge in [0, 0.05) is 23.5 Å². The molecule has 2 heterocycles. The predicted octanol–water partition coefficient (Wildman–Crippen LogP) is 5.60. The van der Waals surface area contributed by atoms with Crippen LogP contribution in [0.2, 0.25) is 0 Å². The van der Waals surface area contributed by atoms with Crippen LogP contribution in [0.3, 0.4) is 0 Å². The molecule has 0 saturated carbocycles. The fourth-order valence-corrected chi connectivity index (χ4v) is 3.43. The molecule has 0 aliphatic heterocycles. The molecule has 0 bridgehead atoms. The fraction of sp³-hybridized carbons (Fsp3) is 0.227. The van der Waals surface area contributed by atoms with Crippen molar-refractivity contribution in [1.82, 2.24) is 19.6 Å². The number of hydrogen-bond donors (Lipinski definition) is 1. The molecule has 2 aromatic heterocycles. The van der Waals surface area contributed by atoms with Gasteiger partial charge in [-0.3, -0.25) is 0 Å². The van der Waals surface area contributed by atoms with E-state index in [1.165, 1.54) is 38.1 Å². The summed E-state index contributed by atoms with van der Waals surface area (Å²) in [5.74, 6) is 0.985. The van der Waals surface area contributed by atoms with Crippen molar-refractivity contribution in [2.75, 3.05) is 26.6 Å². The van der Waals surface area contributed by atoms with Crippen molar-refractivity contribution in [2.45, 2.75) is 12.4 Å². The van der Waals surface area contributed by atoms with Gasteiger partial charge in [-0.15, -0.1) is 5.10 Å². The number of fused-ring (bicyclic) bond motifs is 1. The summed E-state index contributed by atoms with van der Waals surface area (Å²) in [6, 6.07) is 5.78. The van der Waals surface area contributed by atoms with E-state index in [9.17, 15) is 26.3 Å². The molecule has 2 aromatic carbocycles. The molecule has 0 spiro atoms. The monoisotopic (exact) mass is 513 g/mol. The largest absolute Gasteiger partial charge is 0.493 e. The molecule has 0 amide bonds. The zero-order valence-electron chi connectivity index (χ0n) is 18.8.